The fraction of sp³-hybridized carbons (Fsp3) is 0.625. The number of piperazine rings is 1. The van der Waals surface area contributed by atoms with Gasteiger partial charge in [0.2, 0.25) is 0 Å². The van der Waals surface area contributed by atoms with E-state index in [2.05, 4.69) is 53.8 Å². The number of nitrogens with one attached hydrogen (secondary N) is 1. The van der Waals surface area contributed by atoms with E-state index in [9.17, 15) is 4.39 Å². The van der Waals surface area contributed by atoms with Crippen molar-refractivity contribution in [3.8, 4) is 0 Å². The van der Waals surface area contributed by atoms with Crippen molar-refractivity contribution in [2.24, 2.45) is 5.92 Å². The second-order valence-corrected chi connectivity index (χ2v) is 7.67. The van der Waals surface area contributed by atoms with Crippen LogP contribution in [0.15, 0.2) is 22.7 Å². The number of nitrogens with zero attached hydrogens (tertiary/aromatic N) is 1. The van der Waals surface area contributed by atoms with Crippen LogP contribution in [0.25, 0.3) is 0 Å². The predicted molar refractivity (Wildman–Crippen MR) is 85.2 cm³/mol. The monoisotopic (exact) mass is 342 g/mol. The van der Waals surface area contributed by atoms with Gasteiger partial charge in [-0.15, -0.1) is 0 Å². The van der Waals surface area contributed by atoms with Crippen molar-refractivity contribution in [1.82, 2.24) is 10.2 Å². The molecule has 0 aliphatic carbocycles. The van der Waals surface area contributed by atoms with Crippen LogP contribution in [0.5, 0.6) is 0 Å². The average molecular weight is 343 g/mol. The fourth-order valence-corrected chi connectivity index (χ4v) is 3.47. The number of hydrogen-bond acceptors (Lipinski definition) is 2. The first-order valence-corrected chi connectivity index (χ1v) is 8.00. The molecule has 0 radical (unpaired) electrons. The van der Waals surface area contributed by atoms with Gasteiger partial charge in [-0.05, 0) is 43.5 Å². The predicted octanol–water partition coefficient (Wildman–Crippen LogP) is 3.80. The molecule has 2 rings (SSSR count). The highest BCUT2D eigenvalue weighted by atomic mass is 79.9. The third-order valence-corrected chi connectivity index (χ3v) is 4.39. The van der Waals surface area contributed by atoms with Gasteiger partial charge in [-0.2, -0.15) is 0 Å². The Hall–Kier alpha value is -0.450. The van der Waals surface area contributed by atoms with Crippen molar-refractivity contribution in [1.29, 1.82) is 0 Å². The van der Waals surface area contributed by atoms with Crippen LogP contribution < -0.4 is 5.32 Å². The third-order valence-electron chi connectivity index (χ3n) is 3.93. The first-order valence-electron chi connectivity index (χ1n) is 7.21. The molecule has 1 saturated heterocycles. The molecular weight excluding hydrogens is 319 g/mol. The summed E-state index contributed by atoms with van der Waals surface area (Å²) in [6, 6.07) is 5.64. The van der Waals surface area contributed by atoms with Gasteiger partial charge in [0.25, 0.3) is 0 Å². The van der Waals surface area contributed by atoms with E-state index in [0.29, 0.717) is 12.0 Å². The molecule has 0 amide bonds. The average Bonchev–Trinajstić information content (AvgIpc) is 2.25. The number of benzene rings is 1. The lowest BCUT2D eigenvalue weighted by Gasteiger charge is -2.46. The summed E-state index contributed by atoms with van der Waals surface area (Å²) in [5.41, 5.74) is 1.14. The van der Waals surface area contributed by atoms with E-state index in [1.165, 1.54) is 6.07 Å². The standard InChI is InChI=1S/C16H24BrFN2/c1-11(2)15-8-19-16(3,4)10-20(15)9-12-5-13(17)7-14(18)6-12/h5-7,11,15,19H,8-10H2,1-4H3. The third kappa shape index (κ3) is 4.03. The summed E-state index contributed by atoms with van der Waals surface area (Å²) in [5.74, 6) is 0.403. The van der Waals surface area contributed by atoms with Gasteiger partial charge in [-0.1, -0.05) is 29.8 Å². The van der Waals surface area contributed by atoms with Gasteiger partial charge >= 0.3 is 0 Å². The van der Waals surface area contributed by atoms with Crippen LogP contribution >= 0.6 is 15.9 Å². The van der Waals surface area contributed by atoms with E-state index < -0.39 is 0 Å². The summed E-state index contributed by atoms with van der Waals surface area (Å²) in [6.45, 7) is 11.7. The minimum atomic E-state index is -0.176. The molecule has 0 bridgehead atoms. The van der Waals surface area contributed by atoms with Crippen LogP contribution in [-0.2, 0) is 6.54 Å². The summed E-state index contributed by atoms with van der Waals surface area (Å²) >= 11 is 3.37. The van der Waals surface area contributed by atoms with Gasteiger partial charge in [0.05, 0.1) is 0 Å². The molecule has 1 aliphatic rings. The molecule has 112 valence electrons. The van der Waals surface area contributed by atoms with E-state index in [1.54, 1.807) is 6.07 Å². The summed E-state index contributed by atoms with van der Waals surface area (Å²) in [4.78, 5) is 2.47. The van der Waals surface area contributed by atoms with Crippen molar-refractivity contribution < 1.29 is 4.39 Å². The lowest BCUT2D eigenvalue weighted by atomic mass is 9.92. The fourth-order valence-electron chi connectivity index (χ4n) is 2.96. The molecular formula is C16H24BrFN2. The van der Waals surface area contributed by atoms with Crippen molar-refractivity contribution in [2.75, 3.05) is 13.1 Å². The first kappa shape index (κ1) is 15.9. The van der Waals surface area contributed by atoms with Crippen molar-refractivity contribution in [2.45, 2.75) is 45.8 Å². The van der Waals surface area contributed by atoms with Gasteiger partial charge in [0.1, 0.15) is 5.82 Å². The molecule has 1 aromatic carbocycles. The van der Waals surface area contributed by atoms with E-state index in [1.807, 2.05) is 6.07 Å². The Balaban J connectivity index is 2.18. The highest BCUT2D eigenvalue weighted by Gasteiger charge is 2.33. The van der Waals surface area contributed by atoms with Crippen LogP contribution in [0.2, 0.25) is 0 Å². The maximum absolute atomic E-state index is 13.5. The normalized spacial score (nSPS) is 23.2. The summed E-state index contributed by atoms with van der Waals surface area (Å²) in [7, 11) is 0. The van der Waals surface area contributed by atoms with Crippen LogP contribution in [0.4, 0.5) is 4.39 Å². The summed E-state index contributed by atoms with van der Waals surface area (Å²) in [6.07, 6.45) is 0. The molecule has 4 heteroatoms. The molecule has 0 spiro atoms. The largest absolute Gasteiger partial charge is 0.309 e. The minimum Gasteiger partial charge on any atom is -0.309 e. The van der Waals surface area contributed by atoms with Gasteiger partial charge in [0, 0.05) is 35.7 Å². The number of rotatable bonds is 3. The zero-order valence-electron chi connectivity index (χ0n) is 12.7. The van der Waals surface area contributed by atoms with Gasteiger partial charge in [0.15, 0.2) is 0 Å². The summed E-state index contributed by atoms with van der Waals surface area (Å²) in [5, 5.41) is 3.60. The number of hydrogen-bond donors (Lipinski definition) is 1. The Morgan fingerprint density at radius 2 is 2.10 bits per heavy atom. The maximum atomic E-state index is 13.5. The summed E-state index contributed by atoms with van der Waals surface area (Å²) < 4.78 is 14.3. The number of halogens is 2. The Morgan fingerprint density at radius 1 is 1.40 bits per heavy atom. The molecule has 1 aliphatic heterocycles. The van der Waals surface area contributed by atoms with Gasteiger partial charge in [-0.3, -0.25) is 4.90 Å². The molecule has 1 N–H and O–H groups in total. The van der Waals surface area contributed by atoms with Crippen molar-refractivity contribution in [3.05, 3.63) is 34.1 Å². The van der Waals surface area contributed by atoms with E-state index in [-0.39, 0.29) is 11.4 Å². The highest BCUT2D eigenvalue weighted by molar-refractivity contribution is 9.10. The lowest BCUT2D eigenvalue weighted by molar-refractivity contribution is 0.0626. The molecule has 1 heterocycles. The molecule has 1 fully saturated rings. The zero-order chi connectivity index (χ0) is 14.9. The Bertz CT molecular complexity index is 453. The van der Waals surface area contributed by atoms with E-state index >= 15 is 0 Å². The molecule has 20 heavy (non-hydrogen) atoms. The molecule has 0 aromatic heterocycles. The Labute approximate surface area is 129 Å². The second-order valence-electron chi connectivity index (χ2n) is 6.76. The maximum Gasteiger partial charge on any atom is 0.124 e. The van der Waals surface area contributed by atoms with Crippen LogP contribution in [0.1, 0.15) is 33.3 Å². The van der Waals surface area contributed by atoms with Crippen molar-refractivity contribution >= 4 is 15.9 Å². The minimum absolute atomic E-state index is 0.107. The molecule has 1 atom stereocenters. The molecule has 2 nitrogen and oxygen atoms in total. The van der Waals surface area contributed by atoms with Gasteiger partial charge < -0.3 is 5.32 Å². The lowest BCUT2D eigenvalue weighted by Crippen LogP contribution is -2.62. The quantitative estimate of drug-likeness (QED) is 0.898. The molecule has 1 unspecified atom stereocenters. The molecule has 1 aromatic rings. The second kappa shape index (κ2) is 6.12. The van der Waals surface area contributed by atoms with E-state index in [0.717, 1.165) is 29.7 Å². The van der Waals surface area contributed by atoms with Gasteiger partial charge in [-0.25, -0.2) is 4.39 Å². The Kier molecular flexibility index (Phi) is 4.88. The topological polar surface area (TPSA) is 15.3 Å². The SMILES string of the molecule is CC(C)C1CNC(C)(C)CN1Cc1cc(F)cc(Br)c1. The zero-order valence-corrected chi connectivity index (χ0v) is 14.3. The first-order chi connectivity index (χ1) is 9.27. The highest BCUT2D eigenvalue weighted by Crippen LogP contribution is 2.24. The smallest absolute Gasteiger partial charge is 0.124 e. The van der Waals surface area contributed by atoms with E-state index in [4.69, 9.17) is 0 Å². The van der Waals surface area contributed by atoms with Crippen LogP contribution in [0, 0.1) is 11.7 Å². The van der Waals surface area contributed by atoms with Crippen LogP contribution in [-0.4, -0.2) is 29.6 Å². The van der Waals surface area contributed by atoms with Crippen LogP contribution in [0.3, 0.4) is 0 Å². The van der Waals surface area contributed by atoms with Crippen molar-refractivity contribution in [3.63, 3.8) is 0 Å². The Morgan fingerprint density at radius 3 is 2.70 bits per heavy atom. The molecule has 0 saturated carbocycles.